The standard InChI is InChI=1S/C13H21N5O2S/c1-16(2)11-15-21(19,20)13-10-14-5-4-12(13)18-8-6-17(3)7-9-18/h4-5,10-11H,6-9H2,1-3H3/b15-11+. The van der Waals surface area contributed by atoms with Gasteiger partial charge < -0.3 is 14.7 Å². The molecule has 1 saturated heterocycles. The zero-order chi connectivity index (χ0) is 15.5. The summed E-state index contributed by atoms with van der Waals surface area (Å²) in [5, 5.41) is 0. The third-order valence-corrected chi connectivity index (χ3v) is 4.54. The van der Waals surface area contributed by atoms with E-state index in [0.29, 0.717) is 5.69 Å². The number of pyridine rings is 1. The van der Waals surface area contributed by atoms with Crippen molar-refractivity contribution in [3.63, 3.8) is 0 Å². The molecule has 2 rings (SSSR count). The van der Waals surface area contributed by atoms with Crippen molar-refractivity contribution >= 4 is 22.0 Å². The summed E-state index contributed by atoms with van der Waals surface area (Å²) in [5.41, 5.74) is 0.675. The molecule has 0 unspecified atom stereocenters. The number of hydrogen-bond donors (Lipinski definition) is 0. The lowest BCUT2D eigenvalue weighted by Gasteiger charge is -2.34. The molecule has 0 aromatic carbocycles. The van der Waals surface area contributed by atoms with Gasteiger partial charge in [0.1, 0.15) is 11.2 Å². The first-order chi connectivity index (χ1) is 9.90. The van der Waals surface area contributed by atoms with E-state index in [1.54, 1.807) is 31.3 Å². The zero-order valence-corrected chi connectivity index (χ0v) is 13.4. The number of hydrogen-bond acceptors (Lipinski definition) is 5. The van der Waals surface area contributed by atoms with Crippen LogP contribution in [0, 0.1) is 0 Å². The van der Waals surface area contributed by atoms with Gasteiger partial charge in [-0.2, -0.15) is 8.42 Å². The fourth-order valence-corrected chi connectivity index (χ4v) is 3.17. The molecule has 0 bridgehead atoms. The normalized spacial score (nSPS) is 17.4. The molecule has 0 N–H and O–H groups in total. The van der Waals surface area contributed by atoms with E-state index < -0.39 is 10.0 Å². The molecular weight excluding hydrogens is 290 g/mol. The van der Waals surface area contributed by atoms with E-state index in [0.717, 1.165) is 26.2 Å². The third-order valence-electron chi connectivity index (χ3n) is 3.30. The average Bonchev–Trinajstić information content (AvgIpc) is 2.46. The summed E-state index contributed by atoms with van der Waals surface area (Å²) in [5.74, 6) is 0. The summed E-state index contributed by atoms with van der Waals surface area (Å²) >= 11 is 0. The highest BCUT2D eigenvalue weighted by Gasteiger charge is 2.23. The molecule has 21 heavy (non-hydrogen) atoms. The molecule has 0 amide bonds. The van der Waals surface area contributed by atoms with E-state index >= 15 is 0 Å². The van der Waals surface area contributed by atoms with Gasteiger partial charge in [-0.1, -0.05) is 0 Å². The molecule has 7 nitrogen and oxygen atoms in total. The molecule has 0 atom stereocenters. The molecular formula is C13H21N5O2S. The van der Waals surface area contributed by atoms with Crippen molar-refractivity contribution in [1.82, 2.24) is 14.8 Å². The average molecular weight is 311 g/mol. The van der Waals surface area contributed by atoms with Crippen LogP contribution in [-0.4, -0.2) is 76.9 Å². The van der Waals surface area contributed by atoms with Crippen LogP contribution < -0.4 is 4.90 Å². The van der Waals surface area contributed by atoms with Crippen LogP contribution in [0.4, 0.5) is 5.69 Å². The molecule has 8 heteroatoms. The number of sulfonamides is 1. The van der Waals surface area contributed by atoms with Crippen molar-refractivity contribution in [1.29, 1.82) is 0 Å². The Kier molecular flexibility index (Phi) is 4.79. The minimum atomic E-state index is -3.74. The highest BCUT2D eigenvalue weighted by atomic mass is 32.2. The highest BCUT2D eigenvalue weighted by Crippen LogP contribution is 2.26. The van der Waals surface area contributed by atoms with Crippen LogP contribution >= 0.6 is 0 Å². The van der Waals surface area contributed by atoms with Gasteiger partial charge in [0.2, 0.25) is 0 Å². The second kappa shape index (κ2) is 6.40. The molecule has 1 fully saturated rings. The molecule has 0 radical (unpaired) electrons. The zero-order valence-electron chi connectivity index (χ0n) is 12.6. The molecule has 0 saturated carbocycles. The largest absolute Gasteiger partial charge is 0.368 e. The van der Waals surface area contributed by atoms with E-state index in [2.05, 4.69) is 26.2 Å². The van der Waals surface area contributed by atoms with Crippen LogP contribution in [0.1, 0.15) is 0 Å². The number of nitrogens with zero attached hydrogens (tertiary/aromatic N) is 5. The lowest BCUT2D eigenvalue weighted by molar-refractivity contribution is 0.312. The van der Waals surface area contributed by atoms with Crippen molar-refractivity contribution in [3.8, 4) is 0 Å². The maximum atomic E-state index is 12.4. The molecule has 1 aromatic rings. The minimum Gasteiger partial charge on any atom is -0.368 e. The lowest BCUT2D eigenvalue weighted by Crippen LogP contribution is -2.44. The van der Waals surface area contributed by atoms with E-state index in [1.807, 2.05) is 0 Å². The first-order valence-electron chi connectivity index (χ1n) is 6.74. The van der Waals surface area contributed by atoms with Gasteiger partial charge in [-0.05, 0) is 13.1 Å². The summed E-state index contributed by atoms with van der Waals surface area (Å²) in [4.78, 5) is 9.98. The maximum absolute atomic E-state index is 12.4. The van der Waals surface area contributed by atoms with Crippen LogP contribution in [-0.2, 0) is 10.0 Å². The van der Waals surface area contributed by atoms with E-state index in [-0.39, 0.29) is 4.90 Å². The monoisotopic (exact) mass is 311 g/mol. The maximum Gasteiger partial charge on any atom is 0.287 e. The van der Waals surface area contributed by atoms with Gasteiger partial charge in [0, 0.05) is 52.7 Å². The van der Waals surface area contributed by atoms with Crippen molar-refractivity contribution < 1.29 is 8.42 Å². The predicted molar refractivity (Wildman–Crippen MR) is 83.3 cm³/mol. The van der Waals surface area contributed by atoms with E-state index in [4.69, 9.17) is 0 Å². The summed E-state index contributed by atoms with van der Waals surface area (Å²) in [6.07, 6.45) is 4.27. The van der Waals surface area contributed by atoms with Crippen molar-refractivity contribution in [2.45, 2.75) is 4.90 Å². The van der Waals surface area contributed by atoms with Crippen LogP contribution in [0.3, 0.4) is 0 Å². The number of piperazine rings is 1. The second-order valence-corrected chi connectivity index (χ2v) is 6.89. The van der Waals surface area contributed by atoms with Gasteiger partial charge >= 0.3 is 0 Å². The number of aromatic nitrogens is 1. The Morgan fingerprint density at radius 3 is 2.57 bits per heavy atom. The topological polar surface area (TPSA) is 69.1 Å². The summed E-state index contributed by atoms with van der Waals surface area (Å²) in [6.45, 7) is 3.40. The van der Waals surface area contributed by atoms with Crippen molar-refractivity contribution in [2.75, 3.05) is 52.2 Å². The Hall–Kier alpha value is -1.67. The van der Waals surface area contributed by atoms with Crippen molar-refractivity contribution in [3.05, 3.63) is 18.5 Å². The fraction of sp³-hybridized carbons (Fsp3) is 0.538. The van der Waals surface area contributed by atoms with Crippen LogP contribution in [0.5, 0.6) is 0 Å². The van der Waals surface area contributed by atoms with Gasteiger partial charge in [0.25, 0.3) is 10.0 Å². The van der Waals surface area contributed by atoms with Crippen LogP contribution in [0.15, 0.2) is 27.8 Å². The van der Waals surface area contributed by atoms with Gasteiger partial charge in [0.15, 0.2) is 0 Å². The van der Waals surface area contributed by atoms with E-state index in [9.17, 15) is 8.42 Å². The van der Waals surface area contributed by atoms with E-state index in [1.165, 1.54) is 12.5 Å². The molecule has 0 spiro atoms. The van der Waals surface area contributed by atoms with Gasteiger partial charge in [-0.15, -0.1) is 4.40 Å². The molecule has 1 aliphatic heterocycles. The third kappa shape index (κ3) is 3.92. The highest BCUT2D eigenvalue weighted by molar-refractivity contribution is 7.90. The molecule has 1 aromatic heterocycles. The Labute approximate surface area is 126 Å². The predicted octanol–water partition coefficient (Wildman–Crippen LogP) is 0.112. The molecule has 1 aliphatic rings. The van der Waals surface area contributed by atoms with Crippen LogP contribution in [0.25, 0.3) is 0 Å². The summed E-state index contributed by atoms with van der Waals surface area (Å²) in [7, 11) is 1.77. The smallest absolute Gasteiger partial charge is 0.287 e. The second-order valence-electron chi connectivity index (χ2n) is 5.29. The Morgan fingerprint density at radius 1 is 1.29 bits per heavy atom. The first kappa shape index (κ1) is 15.7. The Balaban J connectivity index is 2.33. The molecule has 0 aliphatic carbocycles. The Morgan fingerprint density at radius 2 is 1.95 bits per heavy atom. The quantitative estimate of drug-likeness (QED) is 0.581. The van der Waals surface area contributed by atoms with Crippen LogP contribution in [0.2, 0.25) is 0 Å². The van der Waals surface area contributed by atoms with Gasteiger partial charge in [-0.25, -0.2) is 0 Å². The first-order valence-corrected chi connectivity index (χ1v) is 8.18. The Bertz CT molecular complexity index is 607. The number of anilines is 1. The molecule has 116 valence electrons. The van der Waals surface area contributed by atoms with Gasteiger partial charge in [0.05, 0.1) is 5.69 Å². The minimum absolute atomic E-state index is 0.160. The fourth-order valence-electron chi connectivity index (χ4n) is 2.09. The molecule has 2 heterocycles. The SMILES string of the molecule is CN(C)/C=N/S(=O)(=O)c1cnccc1N1CCN(C)CC1. The summed E-state index contributed by atoms with van der Waals surface area (Å²) < 4.78 is 28.4. The number of likely N-dealkylation sites (N-methyl/N-ethyl adjacent to an activating group) is 1. The van der Waals surface area contributed by atoms with Crippen molar-refractivity contribution in [2.24, 2.45) is 4.40 Å². The summed E-state index contributed by atoms with van der Waals surface area (Å²) in [6, 6.07) is 1.74. The lowest BCUT2D eigenvalue weighted by atomic mass is 10.3. The number of rotatable bonds is 4. The van der Waals surface area contributed by atoms with Gasteiger partial charge in [-0.3, -0.25) is 4.98 Å².